The number of hydrogen-bond acceptors (Lipinski definition) is 4. The van der Waals surface area contributed by atoms with Crippen LogP contribution in [0.3, 0.4) is 0 Å². The lowest BCUT2D eigenvalue weighted by molar-refractivity contribution is -0.134. The van der Waals surface area contributed by atoms with Crippen molar-refractivity contribution in [2.24, 2.45) is 11.8 Å². The highest BCUT2D eigenvalue weighted by Crippen LogP contribution is 2.33. The van der Waals surface area contributed by atoms with Gasteiger partial charge < -0.3 is 10.2 Å². The molecular weight excluding hydrogens is 318 g/mol. The summed E-state index contributed by atoms with van der Waals surface area (Å²) >= 11 is 1.76. The van der Waals surface area contributed by atoms with E-state index in [1.54, 1.807) is 11.3 Å². The van der Waals surface area contributed by atoms with E-state index in [0.29, 0.717) is 23.8 Å². The van der Waals surface area contributed by atoms with E-state index in [9.17, 15) is 4.79 Å². The van der Waals surface area contributed by atoms with Gasteiger partial charge in [-0.1, -0.05) is 34.1 Å². The van der Waals surface area contributed by atoms with Gasteiger partial charge in [0.25, 0.3) is 0 Å². The molecule has 0 bridgehead atoms. The summed E-state index contributed by atoms with van der Waals surface area (Å²) in [7, 11) is 0. The van der Waals surface area contributed by atoms with E-state index in [4.69, 9.17) is 4.98 Å². The fraction of sp³-hybridized carbons (Fsp3) is 0.789. The predicted molar refractivity (Wildman–Crippen MR) is 99.1 cm³/mol. The highest BCUT2D eigenvalue weighted by atomic mass is 32.1. The van der Waals surface area contributed by atoms with Crippen LogP contribution in [0.15, 0.2) is 5.38 Å². The number of thiazole rings is 1. The molecule has 1 amide bonds. The number of nitrogens with zero attached hydrogens (tertiary/aromatic N) is 2. The standard InChI is InChI=1S/C19H31N3OS/c1-5-13-11-22(17(23)14-6-7-14)9-8-16(13)20-10-15-12-24-18(21-15)19(2,3)4/h12-14,16,20H,5-11H2,1-4H3/t13-,16+/m0/s1. The van der Waals surface area contributed by atoms with Crippen LogP contribution in [-0.4, -0.2) is 34.9 Å². The average Bonchev–Trinajstić information content (AvgIpc) is 3.28. The molecule has 5 heteroatoms. The van der Waals surface area contributed by atoms with Gasteiger partial charge in [-0.3, -0.25) is 4.79 Å². The summed E-state index contributed by atoms with van der Waals surface area (Å²) in [5.74, 6) is 1.31. The highest BCUT2D eigenvalue weighted by molar-refractivity contribution is 7.09. The number of carbonyl (C=O) groups excluding carboxylic acids is 1. The van der Waals surface area contributed by atoms with Crippen molar-refractivity contribution < 1.29 is 4.79 Å². The first kappa shape index (κ1) is 17.9. The summed E-state index contributed by atoms with van der Waals surface area (Å²) in [4.78, 5) is 19.2. The van der Waals surface area contributed by atoms with Crippen molar-refractivity contribution in [2.75, 3.05) is 13.1 Å². The Balaban J connectivity index is 1.53. The van der Waals surface area contributed by atoms with E-state index in [1.165, 1.54) is 5.01 Å². The van der Waals surface area contributed by atoms with Crippen molar-refractivity contribution >= 4 is 17.2 Å². The quantitative estimate of drug-likeness (QED) is 0.884. The first-order chi connectivity index (χ1) is 11.4. The Kier molecular flexibility index (Phi) is 5.30. The second-order valence-corrected chi connectivity index (χ2v) is 9.26. The first-order valence-corrected chi connectivity index (χ1v) is 10.2. The SMILES string of the molecule is CC[C@H]1CN(C(=O)C2CC2)CC[C@H]1NCc1csc(C(C)(C)C)n1. The van der Waals surface area contributed by atoms with Crippen LogP contribution in [-0.2, 0) is 16.8 Å². The number of nitrogens with one attached hydrogen (secondary N) is 1. The Bertz CT molecular complexity index is 573. The van der Waals surface area contributed by atoms with Gasteiger partial charge in [-0.25, -0.2) is 4.98 Å². The second kappa shape index (κ2) is 7.12. The Morgan fingerprint density at radius 2 is 2.12 bits per heavy atom. The summed E-state index contributed by atoms with van der Waals surface area (Å²) in [5, 5.41) is 7.10. The van der Waals surface area contributed by atoms with Crippen LogP contribution in [0.5, 0.6) is 0 Å². The van der Waals surface area contributed by atoms with Crippen molar-refractivity contribution in [1.29, 1.82) is 0 Å². The Hall–Kier alpha value is -0.940. The van der Waals surface area contributed by atoms with E-state index in [-0.39, 0.29) is 5.41 Å². The molecule has 3 rings (SSSR count). The van der Waals surface area contributed by atoms with Gasteiger partial charge in [-0.15, -0.1) is 11.3 Å². The Morgan fingerprint density at radius 3 is 2.71 bits per heavy atom. The molecular formula is C19H31N3OS. The predicted octanol–water partition coefficient (Wildman–Crippen LogP) is 3.57. The lowest BCUT2D eigenvalue weighted by atomic mass is 9.89. The molecule has 24 heavy (non-hydrogen) atoms. The van der Waals surface area contributed by atoms with E-state index < -0.39 is 0 Å². The molecule has 2 heterocycles. The van der Waals surface area contributed by atoms with Gasteiger partial charge in [-0.2, -0.15) is 0 Å². The van der Waals surface area contributed by atoms with Crippen molar-refractivity contribution in [3.8, 4) is 0 Å². The molecule has 1 N–H and O–H groups in total. The Labute approximate surface area is 150 Å². The Morgan fingerprint density at radius 1 is 1.38 bits per heavy atom. The van der Waals surface area contributed by atoms with Gasteiger partial charge in [-0.05, 0) is 25.2 Å². The maximum absolute atomic E-state index is 12.3. The number of piperidine rings is 1. The second-order valence-electron chi connectivity index (χ2n) is 8.40. The summed E-state index contributed by atoms with van der Waals surface area (Å²) in [5.41, 5.74) is 1.28. The van der Waals surface area contributed by atoms with Crippen molar-refractivity contribution in [2.45, 2.75) is 71.4 Å². The maximum Gasteiger partial charge on any atom is 0.225 e. The van der Waals surface area contributed by atoms with Crippen LogP contribution in [0.2, 0.25) is 0 Å². The van der Waals surface area contributed by atoms with Crippen LogP contribution >= 0.6 is 11.3 Å². The van der Waals surface area contributed by atoms with Crippen LogP contribution in [0.4, 0.5) is 0 Å². The third-order valence-electron chi connectivity index (χ3n) is 5.24. The molecule has 0 aromatic carbocycles. The number of carbonyl (C=O) groups is 1. The minimum absolute atomic E-state index is 0.128. The molecule has 1 aliphatic heterocycles. The van der Waals surface area contributed by atoms with Crippen LogP contribution in [0.25, 0.3) is 0 Å². The third kappa shape index (κ3) is 4.17. The van der Waals surface area contributed by atoms with Crippen LogP contribution in [0, 0.1) is 11.8 Å². The summed E-state index contributed by atoms with van der Waals surface area (Å²) in [6, 6.07) is 0.498. The molecule has 1 aliphatic carbocycles. The number of aromatic nitrogens is 1. The minimum atomic E-state index is 0.128. The van der Waals surface area contributed by atoms with Crippen molar-refractivity contribution in [1.82, 2.24) is 15.2 Å². The molecule has 4 nitrogen and oxygen atoms in total. The van der Waals surface area contributed by atoms with E-state index in [1.807, 2.05) is 0 Å². The van der Waals surface area contributed by atoms with E-state index >= 15 is 0 Å². The van der Waals surface area contributed by atoms with E-state index in [2.05, 4.69) is 43.3 Å². The minimum Gasteiger partial charge on any atom is -0.342 e. The van der Waals surface area contributed by atoms with Gasteiger partial charge in [0.2, 0.25) is 5.91 Å². The molecule has 1 aromatic heterocycles. The van der Waals surface area contributed by atoms with Gasteiger partial charge >= 0.3 is 0 Å². The van der Waals surface area contributed by atoms with Crippen molar-refractivity contribution in [3.05, 3.63) is 16.1 Å². The summed E-state index contributed by atoms with van der Waals surface area (Å²) in [6.45, 7) is 11.5. The van der Waals surface area contributed by atoms with Gasteiger partial charge in [0.05, 0.1) is 10.7 Å². The van der Waals surface area contributed by atoms with Crippen molar-refractivity contribution in [3.63, 3.8) is 0 Å². The van der Waals surface area contributed by atoms with Crippen LogP contribution < -0.4 is 5.32 Å². The number of hydrogen-bond donors (Lipinski definition) is 1. The van der Waals surface area contributed by atoms with E-state index in [0.717, 1.165) is 51.0 Å². The molecule has 1 aromatic rings. The zero-order valence-corrected chi connectivity index (χ0v) is 16.3. The first-order valence-electron chi connectivity index (χ1n) is 9.35. The molecule has 134 valence electrons. The van der Waals surface area contributed by atoms with Gasteiger partial charge in [0.1, 0.15) is 0 Å². The topological polar surface area (TPSA) is 45.2 Å². The fourth-order valence-electron chi connectivity index (χ4n) is 3.47. The molecule has 2 fully saturated rings. The van der Waals surface area contributed by atoms with Crippen LogP contribution in [0.1, 0.15) is 64.1 Å². The lowest BCUT2D eigenvalue weighted by Crippen LogP contribution is -2.51. The molecule has 0 radical (unpaired) electrons. The molecule has 2 atom stereocenters. The molecule has 0 unspecified atom stereocenters. The number of amides is 1. The smallest absolute Gasteiger partial charge is 0.225 e. The molecule has 1 saturated heterocycles. The monoisotopic (exact) mass is 349 g/mol. The maximum atomic E-state index is 12.3. The number of rotatable bonds is 5. The largest absolute Gasteiger partial charge is 0.342 e. The van der Waals surface area contributed by atoms with Gasteiger partial charge in [0.15, 0.2) is 0 Å². The third-order valence-corrected chi connectivity index (χ3v) is 6.55. The highest BCUT2D eigenvalue weighted by Gasteiger charge is 2.37. The normalized spacial score (nSPS) is 25.1. The zero-order chi connectivity index (χ0) is 17.3. The van der Waals surface area contributed by atoms with Gasteiger partial charge in [0, 0.05) is 42.4 Å². The zero-order valence-electron chi connectivity index (χ0n) is 15.5. The molecule has 0 spiro atoms. The number of likely N-dealkylation sites (tertiary alicyclic amines) is 1. The molecule has 1 saturated carbocycles. The molecule has 2 aliphatic rings. The fourth-order valence-corrected chi connectivity index (χ4v) is 4.38. The summed E-state index contributed by atoms with van der Waals surface area (Å²) in [6.07, 6.45) is 4.39. The summed E-state index contributed by atoms with van der Waals surface area (Å²) < 4.78 is 0. The average molecular weight is 350 g/mol. The lowest BCUT2D eigenvalue weighted by Gasteiger charge is -2.39.